The summed E-state index contributed by atoms with van der Waals surface area (Å²) in [6.45, 7) is 2.43. The molecule has 0 aromatic carbocycles. The maximum absolute atomic E-state index is 11.0. The third-order valence-electron chi connectivity index (χ3n) is 3.12. The first-order valence-corrected chi connectivity index (χ1v) is 7.21. The van der Waals surface area contributed by atoms with Crippen molar-refractivity contribution >= 4 is 11.7 Å². The van der Waals surface area contributed by atoms with Crippen LogP contribution >= 0.6 is 0 Å². The minimum absolute atomic E-state index is 0.0958. The van der Waals surface area contributed by atoms with Gasteiger partial charge in [-0.1, -0.05) is 11.6 Å². The van der Waals surface area contributed by atoms with E-state index in [-0.39, 0.29) is 11.7 Å². The number of nitrogens with zero attached hydrogens (tertiary/aromatic N) is 3. The molecule has 0 fully saturated rings. The highest BCUT2D eigenvalue weighted by Crippen LogP contribution is 2.04. The standard InChI is InChI=1S/C14H24N4O2/c1-12(19)7-6-8-13-11-18(17-16-13)10-5-3-4-9-14(20)15-2/h11H,3-10H2,1-2H3,(H,15,20). The van der Waals surface area contributed by atoms with Crippen LogP contribution in [0.4, 0.5) is 0 Å². The Morgan fingerprint density at radius 2 is 2.00 bits per heavy atom. The van der Waals surface area contributed by atoms with Gasteiger partial charge in [0.15, 0.2) is 0 Å². The number of ketones is 1. The Hall–Kier alpha value is -1.72. The summed E-state index contributed by atoms with van der Waals surface area (Å²) >= 11 is 0. The molecule has 0 saturated carbocycles. The molecule has 1 aromatic heterocycles. The molecule has 0 atom stereocenters. The van der Waals surface area contributed by atoms with Gasteiger partial charge in [0, 0.05) is 32.6 Å². The monoisotopic (exact) mass is 280 g/mol. The van der Waals surface area contributed by atoms with Gasteiger partial charge in [-0.3, -0.25) is 9.48 Å². The Kier molecular flexibility index (Phi) is 7.54. The van der Waals surface area contributed by atoms with E-state index in [0.717, 1.165) is 44.3 Å². The molecule has 0 radical (unpaired) electrons. The van der Waals surface area contributed by atoms with Gasteiger partial charge in [-0.25, -0.2) is 0 Å². The van der Waals surface area contributed by atoms with Crippen LogP contribution in [-0.2, 0) is 22.6 Å². The Morgan fingerprint density at radius 1 is 1.20 bits per heavy atom. The largest absolute Gasteiger partial charge is 0.359 e. The molecular weight excluding hydrogens is 256 g/mol. The molecule has 0 aliphatic rings. The highest BCUT2D eigenvalue weighted by molar-refractivity contribution is 5.75. The first-order chi connectivity index (χ1) is 9.61. The number of nitrogens with one attached hydrogen (secondary N) is 1. The fourth-order valence-electron chi connectivity index (χ4n) is 1.94. The molecule has 0 spiro atoms. The fraction of sp³-hybridized carbons (Fsp3) is 0.714. The summed E-state index contributed by atoms with van der Waals surface area (Å²) in [5.41, 5.74) is 0.941. The van der Waals surface area contributed by atoms with Gasteiger partial charge in [-0.05, 0) is 32.6 Å². The molecule has 112 valence electrons. The van der Waals surface area contributed by atoms with Crippen LogP contribution < -0.4 is 5.32 Å². The number of unbranched alkanes of at least 4 members (excludes halogenated alkanes) is 2. The van der Waals surface area contributed by atoms with Gasteiger partial charge in [0.2, 0.25) is 5.91 Å². The third-order valence-corrected chi connectivity index (χ3v) is 3.12. The average molecular weight is 280 g/mol. The zero-order valence-corrected chi connectivity index (χ0v) is 12.4. The second-order valence-electron chi connectivity index (χ2n) is 5.01. The first kappa shape index (κ1) is 16.3. The highest BCUT2D eigenvalue weighted by atomic mass is 16.1. The molecule has 1 heterocycles. The summed E-state index contributed by atoms with van der Waals surface area (Å²) < 4.78 is 1.84. The van der Waals surface area contributed by atoms with Crippen molar-refractivity contribution in [3.8, 4) is 0 Å². The van der Waals surface area contributed by atoms with Gasteiger partial charge in [-0.15, -0.1) is 5.10 Å². The van der Waals surface area contributed by atoms with Crippen molar-refractivity contribution in [1.82, 2.24) is 20.3 Å². The number of aryl methyl sites for hydroxylation is 2. The quantitative estimate of drug-likeness (QED) is 0.659. The van der Waals surface area contributed by atoms with Gasteiger partial charge in [0.25, 0.3) is 0 Å². The number of amides is 1. The predicted octanol–water partition coefficient (Wildman–Crippen LogP) is 1.50. The van der Waals surface area contributed by atoms with E-state index in [1.807, 2.05) is 10.9 Å². The van der Waals surface area contributed by atoms with Crippen molar-refractivity contribution in [2.24, 2.45) is 0 Å². The van der Waals surface area contributed by atoms with Gasteiger partial charge >= 0.3 is 0 Å². The molecule has 0 aliphatic carbocycles. The molecular formula is C14H24N4O2. The van der Waals surface area contributed by atoms with Crippen LogP contribution in [0.1, 0.15) is 51.1 Å². The number of carbonyl (C=O) groups excluding carboxylic acids is 2. The van der Waals surface area contributed by atoms with E-state index in [1.54, 1.807) is 14.0 Å². The molecule has 1 rings (SSSR count). The lowest BCUT2D eigenvalue weighted by Gasteiger charge is -2.01. The van der Waals surface area contributed by atoms with Crippen molar-refractivity contribution in [3.05, 3.63) is 11.9 Å². The average Bonchev–Trinajstić information content (AvgIpc) is 2.85. The number of Topliss-reactive ketones (excluding diaryl/α,β-unsaturated/α-hetero) is 1. The van der Waals surface area contributed by atoms with E-state index >= 15 is 0 Å². The molecule has 1 N–H and O–H groups in total. The van der Waals surface area contributed by atoms with Gasteiger partial charge in [-0.2, -0.15) is 0 Å². The Balaban J connectivity index is 2.14. The molecule has 20 heavy (non-hydrogen) atoms. The second kappa shape index (κ2) is 9.23. The Labute approximate surface area is 119 Å². The normalized spacial score (nSPS) is 10.5. The number of hydrogen-bond donors (Lipinski definition) is 1. The lowest BCUT2D eigenvalue weighted by Crippen LogP contribution is -2.16. The lowest BCUT2D eigenvalue weighted by molar-refractivity contribution is -0.120. The van der Waals surface area contributed by atoms with Crippen LogP contribution in [0.25, 0.3) is 0 Å². The summed E-state index contributed by atoms with van der Waals surface area (Å²) in [6.07, 6.45) is 7.67. The minimum Gasteiger partial charge on any atom is -0.359 e. The SMILES string of the molecule is CNC(=O)CCCCCn1cc(CCCC(C)=O)nn1. The summed E-state index contributed by atoms with van der Waals surface area (Å²) in [5.74, 6) is 0.312. The van der Waals surface area contributed by atoms with E-state index in [1.165, 1.54) is 0 Å². The molecule has 1 amide bonds. The van der Waals surface area contributed by atoms with E-state index < -0.39 is 0 Å². The maximum Gasteiger partial charge on any atom is 0.219 e. The summed E-state index contributed by atoms with van der Waals surface area (Å²) in [4.78, 5) is 21.9. The molecule has 1 aromatic rings. The van der Waals surface area contributed by atoms with E-state index in [4.69, 9.17) is 0 Å². The van der Waals surface area contributed by atoms with Gasteiger partial charge < -0.3 is 10.1 Å². The van der Waals surface area contributed by atoms with Gasteiger partial charge in [0.05, 0.1) is 5.69 Å². The zero-order valence-electron chi connectivity index (χ0n) is 12.4. The summed E-state index contributed by atoms with van der Waals surface area (Å²) in [7, 11) is 1.66. The van der Waals surface area contributed by atoms with Crippen LogP contribution in [0.5, 0.6) is 0 Å². The predicted molar refractivity (Wildman–Crippen MR) is 76.2 cm³/mol. The second-order valence-corrected chi connectivity index (χ2v) is 5.01. The van der Waals surface area contributed by atoms with Crippen molar-refractivity contribution < 1.29 is 9.59 Å². The van der Waals surface area contributed by atoms with Crippen LogP contribution in [0.2, 0.25) is 0 Å². The Bertz CT molecular complexity index is 429. The topological polar surface area (TPSA) is 76.9 Å². The summed E-state index contributed by atoms with van der Waals surface area (Å²) in [6, 6.07) is 0. The van der Waals surface area contributed by atoms with Crippen LogP contribution in [-0.4, -0.2) is 33.7 Å². The third kappa shape index (κ3) is 7.01. The Morgan fingerprint density at radius 3 is 2.70 bits per heavy atom. The number of rotatable bonds is 10. The molecule has 6 heteroatoms. The molecule has 0 bridgehead atoms. The maximum atomic E-state index is 11.0. The van der Waals surface area contributed by atoms with Crippen molar-refractivity contribution in [2.45, 2.75) is 58.4 Å². The summed E-state index contributed by atoms with van der Waals surface area (Å²) in [5, 5.41) is 10.8. The smallest absolute Gasteiger partial charge is 0.219 e. The number of hydrogen-bond acceptors (Lipinski definition) is 4. The van der Waals surface area contributed by atoms with Crippen molar-refractivity contribution in [3.63, 3.8) is 0 Å². The van der Waals surface area contributed by atoms with Gasteiger partial charge in [0.1, 0.15) is 5.78 Å². The van der Waals surface area contributed by atoms with Crippen LogP contribution in [0.3, 0.4) is 0 Å². The molecule has 0 saturated heterocycles. The van der Waals surface area contributed by atoms with E-state index in [0.29, 0.717) is 12.8 Å². The highest BCUT2D eigenvalue weighted by Gasteiger charge is 2.02. The minimum atomic E-state index is 0.0958. The molecule has 0 aliphatic heterocycles. The van der Waals surface area contributed by atoms with Crippen molar-refractivity contribution in [1.29, 1.82) is 0 Å². The zero-order chi connectivity index (χ0) is 14.8. The van der Waals surface area contributed by atoms with Crippen molar-refractivity contribution in [2.75, 3.05) is 7.05 Å². The number of aromatic nitrogens is 3. The molecule has 0 unspecified atom stereocenters. The van der Waals surface area contributed by atoms with Crippen LogP contribution in [0, 0.1) is 0 Å². The lowest BCUT2D eigenvalue weighted by atomic mass is 10.1. The van der Waals surface area contributed by atoms with E-state index in [9.17, 15) is 9.59 Å². The molecule has 6 nitrogen and oxygen atoms in total. The number of carbonyl (C=O) groups is 2. The van der Waals surface area contributed by atoms with E-state index in [2.05, 4.69) is 15.6 Å². The van der Waals surface area contributed by atoms with Crippen LogP contribution in [0.15, 0.2) is 6.20 Å². The fourth-order valence-corrected chi connectivity index (χ4v) is 1.94. The first-order valence-electron chi connectivity index (χ1n) is 7.21.